The summed E-state index contributed by atoms with van der Waals surface area (Å²) >= 11 is 0. The largest absolute Gasteiger partial charge is 0.508 e. The van der Waals surface area contributed by atoms with Crippen LogP contribution in [0.2, 0.25) is 0 Å². The molecule has 2 fully saturated rings. The van der Waals surface area contributed by atoms with Gasteiger partial charge in [-0.1, -0.05) is 75.6 Å². The average Bonchev–Trinajstić information content (AvgIpc) is 3.10. The normalized spacial score (nSPS) is 16.0. The van der Waals surface area contributed by atoms with Gasteiger partial charge in [0.05, 0.1) is 0 Å². The number of amides is 2. The Morgan fingerprint density at radius 1 is 0.851 bits per heavy atom. The lowest BCUT2D eigenvalue weighted by molar-refractivity contribution is -0.132. The topological polar surface area (TPSA) is 72.9 Å². The molecule has 0 aliphatic carbocycles. The second kappa shape index (κ2) is 17.5. The van der Waals surface area contributed by atoms with E-state index in [0.29, 0.717) is 25.4 Å². The van der Waals surface area contributed by atoms with Crippen LogP contribution in [0.3, 0.4) is 0 Å². The fourth-order valence-corrected chi connectivity index (χ4v) is 7.16. The Balaban J connectivity index is 1.18. The molecule has 0 aromatic heterocycles. The molecule has 3 aromatic carbocycles. The number of carbonyl (C=O) groups excluding carboxylic acids is 2. The van der Waals surface area contributed by atoms with E-state index in [4.69, 9.17) is 0 Å². The first-order valence-electron chi connectivity index (χ1n) is 18.1. The first-order valence-corrected chi connectivity index (χ1v) is 18.1. The van der Waals surface area contributed by atoms with Gasteiger partial charge in [-0.15, -0.1) is 0 Å². The number of hydrogen-bond donors (Lipinski definition) is 2. The Morgan fingerprint density at radius 3 is 2.21 bits per heavy atom. The van der Waals surface area contributed by atoms with E-state index >= 15 is 0 Å². The van der Waals surface area contributed by atoms with Crippen LogP contribution in [0.15, 0.2) is 72.8 Å². The Hall–Kier alpha value is -3.64. The minimum atomic E-state index is 0.132. The van der Waals surface area contributed by atoms with Crippen molar-refractivity contribution in [2.45, 2.75) is 84.6 Å². The van der Waals surface area contributed by atoms with Crippen molar-refractivity contribution in [3.63, 3.8) is 0 Å². The maximum absolute atomic E-state index is 13.6. The van der Waals surface area contributed by atoms with E-state index in [9.17, 15) is 14.7 Å². The van der Waals surface area contributed by atoms with Crippen LogP contribution >= 0.6 is 0 Å². The molecular formula is C41H55N3O3. The molecule has 0 spiro atoms. The van der Waals surface area contributed by atoms with Crippen molar-refractivity contribution in [2.24, 2.45) is 17.8 Å². The number of aromatic hydroxyl groups is 1. The Kier molecular flexibility index (Phi) is 12.9. The number of carbonyl (C=O) groups is 2. The van der Waals surface area contributed by atoms with E-state index in [0.717, 1.165) is 78.4 Å². The van der Waals surface area contributed by atoms with E-state index in [2.05, 4.69) is 43.4 Å². The minimum Gasteiger partial charge on any atom is -0.508 e. The van der Waals surface area contributed by atoms with Crippen LogP contribution in [0.1, 0.15) is 93.1 Å². The van der Waals surface area contributed by atoms with E-state index < -0.39 is 0 Å². The lowest BCUT2D eigenvalue weighted by atomic mass is 9.87. The molecule has 2 heterocycles. The molecule has 6 heteroatoms. The van der Waals surface area contributed by atoms with Crippen LogP contribution in [0.4, 0.5) is 0 Å². The quantitative estimate of drug-likeness (QED) is 0.187. The highest BCUT2D eigenvalue weighted by Crippen LogP contribution is 2.28. The first-order chi connectivity index (χ1) is 22.8. The van der Waals surface area contributed by atoms with Gasteiger partial charge >= 0.3 is 0 Å². The van der Waals surface area contributed by atoms with Crippen molar-refractivity contribution in [1.82, 2.24) is 15.1 Å². The second-order valence-corrected chi connectivity index (χ2v) is 14.3. The van der Waals surface area contributed by atoms with Gasteiger partial charge in [0.25, 0.3) is 5.91 Å². The fourth-order valence-electron chi connectivity index (χ4n) is 7.16. The average molecular weight is 638 g/mol. The van der Waals surface area contributed by atoms with E-state index in [1.54, 1.807) is 12.1 Å². The van der Waals surface area contributed by atoms with Gasteiger partial charge in [0, 0.05) is 38.2 Å². The zero-order valence-electron chi connectivity index (χ0n) is 28.6. The van der Waals surface area contributed by atoms with Gasteiger partial charge in [0.1, 0.15) is 5.75 Å². The predicted molar refractivity (Wildman–Crippen MR) is 191 cm³/mol. The molecule has 0 radical (unpaired) electrons. The molecular weight excluding hydrogens is 582 g/mol. The summed E-state index contributed by atoms with van der Waals surface area (Å²) in [5.41, 5.74) is 4.99. The third kappa shape index (κ3) is 10.7. The lowest BCUT2D eigenvalue weighted by Crippen LogP contribution is -2.38. The summed E-state index contributed by atoms with van der Waals surface area (Å²) < 4.78 is 0. The fraction of sp³-hybridized carbons (Fsp3) is 0.512. The highest BCUT2D eigenvalue weighted by Gasteiger charge is 2.24. The first kappa shape index (κ1) is 34.7. The summed E-state index contributed by atoms with van der Waals surface area (Å²) in [6, 6.07) is 23.6. The number of phenolic OH excluding ortho intramolecular Hbond substituents is 1. The molecule has 5 rings (SSSR count). The van der Waals surface area contributed by atoms with Gasteiger partial charge in [-0.25, -0.2) is 0 Å². The van der Waals surface area contributed by atoms with Crippen LogP contribution < -0.4 is 5.32 Å². The number of piperidine rings is 2. The summed E-state index contributed by atoms with van der Waals surface area (Å²) in [6.45, 7) is 9.51. The molecule has 3 aromatic rings. The van der Waals surface area contributed by atoms with Crippen molar-refractivity contribution in [1.29, 1.82) is 0 Å². The SMILES string of the molecule is CC(C)CCC(=O)N(CCc1ccc(O)cc1)Cc1cccc(-c2cccc(C(=O)N3CCC(CCCC4CCNCC4)CC3)c2)c1. The number of nitrogens with zero attached hydrogens (tertiary/aromatic N) is 2. The molecule has 0 atom stereocenters. The molecule has 2 saturated heterocycles. The number of nitrogens with one attached hydrogen (secondary N) is 1. The molecule has 2 amide bonds. The summed E-state index contributed by atoms with van der Waals surface area (Å²) in [6.07, 6.45) is 11.0. The van der Waals surface area contributed by atoms with Crippen molar-refractivity contribution in [3.8, 4) is 16.9 Å². The Bertz CT molecular complexity index is 1420. The second-order valence-electron chi connectivity index (χ2n) is 14.3. The standard InChI is InChI=1S/C41H55N3O3/c1-31(2)12-17-40(46)44(27-22-34-13-15-39(45)16-14-34)30-35-8-4-9-36(28-35)37-10-5-11-38(29-37)41(47)43-25-20-33(21-26-43)7-3-6-32-18-23-42-24-19-32/h4-5,8-11,13-16,28-29,31-33,42,45H,3,6-7,12,17-27,30H2,1-2H3. The van der Waals surface area contributed by atoms with Crippen LogP contribution in [0.5, 0.6) is 5.75 Å². The van der Waals surface area contributed by atoms with Crippen molar-refractivity contribution in [2.75, 3.05) is 32.7 Å². The van der Waals surface area contributed by atoms with E-state index in [1.165, 1.54) is 45.2 Å². The van der Waals surface area contributed by atoms with Gasteiger partial charge in [-0.2, -0.15) is 0 Å². The monoisotopic (exact) mass is 637 g/mol. The third-order valence-electron chi connectivity index (χ3n) is 10.2. The van der Waals surface area contributed by atoms with Gasteiger partial charge in [-0.3, -0.25) is 9.59 Å². The summed E-state index contributed by atoms with van der Waals surface area (Å²) in [7, 11) is 0. The maximum atomic E-state index is 13.6. The number of rotatable bonds is 14. The highest BCUT2D eigenvalue weighted by atomic mass is 16.3. The number of benzene rings is 3. The van der Waals surface area contributed by atoms with Crippen LogP contribution in [-0.2, 0) is 17.8 Å². The maximum Gasteiger partial charge on any atom is 0.253 e. The molecule has 0 unspecified atom stereocenters. The lowest BCUT2D eigenvalue weighted by Gasteiger charge is -2.32. The van der Waals surface area contributed by atoms with Crippen molar-refractivity contribution < 1.29 is 14.7 Å². The van der Waals surface area contributed by atoms with Gasteiger partial charge in [0.15, 0.2) is 0 Å². The number of hydrogen-bond acceptors (Lipinski definition) is 4. The van der Waals surface area contributed by atoms with E-state index in [1.807, 2.05) is 46.2 Å². The predicted octanol–water partition coefficient (Wildman–Crippen LogP) is 8.09. The molecule has 6 nitrogen and oxygen atoms in total. The van der Waals surface area contributed by atoms with Crippen LogP contribution in [0, 0.1) is 17.8 Å². The van der Waals surface area contributed by atoms with Crippen molar-refractivity contribution >= 4 is 11.8 Å². The molecule has 2 aliphatic rings. The van der Waals surface area contributed by atoms with E-state index in [-0.39, 0.29) is 17.6 Å². The summed E-state index contributed by atoms with van der Waals surface area (Å²) in [5, 5.41) is 13.1. The molecule has 2 aliphatic heterocycles. The van der Waals surface area contributed by atoms with Crippen LogP contribution in [-0.4, -0.2) is 59.4 Å². The summed E-state index contributed by atoms with van der Waals surface area (Å²) in [4.78, 5) is 30.9. The number of phenols is 1. The van der Waals surface area contributed by atoms with Crippen LogP contribution in [0.25, 0.3) is 11.1 Å². The summed E-state index contributed by atoms with van der Waals surface area (Å²) in [5.74, 6) is 2.66. The third-order valence-corrected chi connectivity index (χ3v) is 10.2. The Morgan fingerprint density at radius 2 is 1.51 bits per heavy atom. The molecule has 2 N–H and O–H groups in total. The van der Waals surface area contributed by atoms with Crippen molar-refractivity contribution in [3.05, 3.63) is 89.5 Å². The molecule has 252 valence electrons. The number of likely N-dealkylation sites (tertiary alicyclic amines) is 1. The Labute approximate surface area is 282 Å². The molecule has 0 saturated carbocycles. The smallest absolute Gasteiger partial charge is 0.253 e. The van der Waals surface area contributed by atoms with Gasteiger partial charge in [-0.05, 0) is 122 Å². The zero-order valence-corrected chi connectivity index (χ0v) is 28.6. The molecule has 47 heavy (non-hydrogen) atoms. The van der Waals surface area contributed by atoms with Gasteiger partial charge < -0.3 is 20.2 Å². The minimum absolute atomic E-state index is 0.132. The highest BCUT2D eigenvalue weighted by molar-refractivity contribution is 5.95. The zero-order chi connectivity index (χ0) is 33.0. The van der Waals surface area contributed by atoms with Gasteiger partial charge in [0.2, 0.25) is 5.91 Å². The molecule has 0 bridgehead atoms.